The van der Waals surface area contributed by atoms with Crippen molar-refractivity contribution in [3.05, 3.63) is 48.2 Å². The monoisotopic (exact) mass is 371 g/mol. The third-order valence-corrected chi connectivity index (χ3v) is 4.04. The summed E-state index contributed by atoms with van der Waals surface area (Å²) in [7, 11) is 1.48. The molecule has 27 heavy (non-hydrogen) atoms. The van der Waals surface area contributed by atoms with Crippen molar-refractivity contribution in [3.8, 4) is 5.88 Å². The summed E-state index contributed by atoms with van der Waals surface area (Å²) in [6.45, 7) is 2.75. The summed E-state index contributed by atoms with van der Waals surface area (Å²) in [4.78, 5) is 30.1. The van der Waals surface area contributed by atoms with E-state index in [1.165, 1.54) is 19.4 Å². The number of methoxy groups -OCH3 is 1. The number of benzene rings is 1. The summed E-state index contributed by atoms with van der Waals surface area (Å²) in [6, 6.07) is 10.6. The molecule has 8 heteroatoms. The molecule has 0 radical (unpaired) electrons. The van der Waals surface area contributed by atoms with Crippen molar-refractivity contribution in [1.29, 1.82) is 0 Å². The number of hydrogen-bond acceptors (Lipinski definition) is 7. The zero-order valence-electron chi connectivity index (χ0n) is 15.0. The highest BCUT2D eigenvalue weighted by molar-refractivity contribution is 5.95. The van der Waals surface area contributed by atoms with Gasteiger partial charge in [0, 0.05) is 36.7 Å². The van der Waals surface area contributed by atoms with Gasteiger partial charge in [-0.15, -0.1) is 0 Å². The fraction of sp³-hybridized carbons (Fsp3) is 0.316. The Morgan fingerprint density at radius 3 is 2.52 bits per heavy atom. The van der Waals surface area contributed by atoms with Crippen LogP contribution in [0.15, 0.2) is 42.6 Å². The van der Waals surface area contributed by atoms with E-state index < -0.39 is 11.9 Å². The van der Waals surface area contributed by atoms with E-state index in [2.05, 4.69) is 15.2 Å². The number of esters is 1. The molecule has 0 spiro atoms. The van der Waals surface area contributed by atoms with Crippen molar-refractivity contribution in [2.75, 3.05) is 50.2 Å². The molecular formula is C19H21N3O5. The number of aromatic nitrogens is 1. The molecule has 1 aliphatic rings. The van der Waals surface area contributed by atoms with Gasteiger partial charge in [0.2, 0.25) is 5.88 Å². The second kappa shape index (κ2) is 9.00. The largest absolute Gasteiger partial charge is 0.481 e. The van der Waals surface area contributed by atoms with Gasteiger partial charge in [-0.3, -0.25) is 4.79 Å². The number of carbonyl (C=O) groups is 2. The molecule has 0 aliphatic carbocycles. The number of carbonyl (C=O) groups excluding carboxylic acids is 2. The average Bonchev–Trinajstić information content (AvgIpc) is 2.73. The molecule has 0 bridgehead atoms. The smallest absolute Gasteiger partial charge is 0.340 e. The van der Waals surface area contributed by atoms with Crippen LogP contribution in [0.5, 0.6) is 5.88 Å². The fourth-order valence-electron chi connectivity index (χ4n) is 2.61. The Hall–Kier alpha value is -3.13. The Labute approximate surface area is 157 Å². The fourth-order valence-corrected chi connectivity index (χ4v) is 2.61. The van der Waals surface area contributed by atoms with E-state index in [1.807, 2.05) is 24.3 Å². The van der Waals surface area contributed by atoms with Gasteiger partial charge in [-0.05, 0) is 30.3 Å². The Morgan fingerprint density at radius 1 is 1.15 bits per heavy atom. The Morgan fingerprint density at radius 2 is 1.89 bits per heavy atom. The molecule has 0 saturated carbocycles. The van der Waals surface area contributed by atoms with Gasteiger partial charge in [-0.1, -0.05) is 0 Å². The van der Waals surface area contributed by atoms with E-state index in [4.69, 9.17) is 14.2 Å². The highest BCUT2D eigenvalue weighted by atomic mass is 16.5. The summed E-state index contributed by atoms with van der Waals surface area (Å²) in [6.07, 6.45) is 1.34. The van der Waals surface area contributed by atoms with Gasteiger partial charge in [-0.2, -0.15) is 0 Å². The van der Waals surface area contributed by atoms with Crippen LogP contribution in [0, 0.1) is 0 Å². The van der Waals surface area contributed by atoms with E-state index in [9.17, 15) is 9.59 Å². The highest BCUT2D eigenvalue weighted by Crippen LogP contribution is 2.19. The van der Waals surface area contributed by atoms with Gasteiger partial charge < -0.3 is 24.4 Å². The molecule has 1 amide bonds. The van der Waals surface area contributed by atoms with Gasteiger partial charge in [0.1, 0.15) is 0 Å². The third kappa shape index (κ3) is 5.18. The normalized spacial score (nSPS) is 13.7. The van der Waals surface area contributed by atoms with Gasteiger partial charge in [0.05, 0.1) is 25.9 Å². The number of nitrogens with zero attached hydrogens (tertiary/aromatic N) is 2. The molecule has 8 nitrogen and oxygen atoms in total. The summed E-state index contributed by atoms with van der Waals surface area (Å²) < 4.78 is 15.3. The zero-order chi connectivity index (χ0) is 19.1. The molecule has 0 atom stereocenters. The predicted octanol–water partition coefficient (Wildman–Crippen LogP) is 1.72. The summed E-state index contributed by atoms with van der Waals surface area (Å²) in [5.41, 5.74) is 1.97. The third-order valence-electron chi connectivity index (χ3n) is 4.04. The van der Waals surface area contributed by atoms with E-state index in [0.29, 0.717) is 24.8 Å². The number of ether oxygens (including phenoxy) is 3. The molecule has 3 rings (SSSR count). The topological polar surface area (TPSA) is 90.0 Å². The van der Waals surface area contributed by atoms with E-state index >= 15 is 0 Å². The first-order chi connectivity index (χ1) is 13.2. The van der Waals surface area contributed by atoms with Gasteiger partial charge >= 0.3 is 5.97 Å². The van der Waals surface area contributed by atoms with Gasteiger partial charge in [-0.25, -0.2) is 9.78 Å². The van der Waals surface area contributed by atoms with Crippen LogP contribution >= 0.6 is 0 Å². The van der Waals surface area contributed by atoms with E-state index in [-0.39, 0.29) is 12.2 Å². The van der Waals surface area contributed by atoms with Crippen molar-refractivity contribution >= 4 is 23.3 Å². The second-order valence-electron chi connectivity index (χ2n) is 5.86. The Kier molecular flexibility index (Phi) is 6.22. The molecule has 1 aromatic carbocycles. The first kappa shape index (κ1) is 18.7. The van der Waals surface area contributed by atoms with Crippen molar-refractivity contribution in [3.63, 3.8) is 0 Å². The van der Waals surface area contributed by atoms with Crippen LogP contribution in [-0.2, 0) is 14.3 Å². The molecule has 1 aromatic heterocycles. The maximum atomic E-state index is 12.0. The molecular weight excluding hydrogens is 350 g/mol. The number of rotatable bonds is 6. The number of nitrogens with one attached hydrogen (secondary N) is 1. The lowest BCUT2D eigenvalue weighted by Gasteiger charge is -2.28. The minimum absolute atomic E-state index is 0.249. The van der Waals surface area contributed by atoms with Crippen molar-refractivity contribution in [1.82, 2.24) is 4.98 Å². The van der Waals surface area contributed by atoms with Crippen LogP contribution < -0.4 is 15.0 Å². The van der Waals surface area contributed by atoms with E-state index in [0.717, 1.165) is 18.8 Å². The zero-order valence-corrected chi connectivity index (χ0v) is 15.0. The molecule has 1 aliphatic heterocycles. The van der Waals surface area contributed by atoms with Crippen LogP contribution in [0.25, 0.3) is 0 Å². The van der Waals surface area contributed by atoms with Gasteiger partial charge in [0.15, 0.2) is 6.61 Å². The maximum Gasteiger partial charge on any atom is 0.340 e. The minimum atomic E-state index is -0.622. The lowest BCUT2D eigenvalue weighted by molar-refractivity contribution is -0.119. The number of anilines is 2. The van der Waals surface area contributed by atoms with Crippen molar-refractivity contribution in [2.24, 2.45) is 0 Å². The van der Waals surface area contributed by atoms with Crippen molar-refractivity contribution in [2.45, 2.75) is 0 Å². The van der Waals surface area contributed by atoms with Crippen molar-refractivity contribution < 1.29 is 23.8 Å². The summed E-state index contributed by atoms with van der Waals surface area (Å²) in [5.74, 6) is -0.642. The first-order valence-electron chi connectivity index (χ1n) is 8.55. The lowest BCUT2D eigenvalue weighted by atomic mass is 10.2. The Bertz CT molecular complexity index is 771. The summed E-state index contributed by atoms with van der Waals surface area (Å²) >= 11 is 0. The molecule has 0 unspecified atom stereocenters. The number of pyridine rings is 1. The highest BCUT2D eigenvalue weighted by Gasteiger charge is 2.13. The molecule has 2 heterocycles. The van der Waals surface area contributed by atoms with Crippen LogP contribution in [0.2, 0.25) is 0 Å². The molecule has 1 saturated heterocycles. The molecule has 142 valence electrons. The number of hydrogen-bond donors (Lipinski definition) is 1. The van der Waals surface area contributed by atoms with Gasteiger partial charge in [0.25, 0.3) is 5.91 Å². The standard InChI is InChI=1S/C19H21N3O5/c1-25-18-7-2-14(12-20-18)19(24)27-13-17(23)21-15-3-5-16(6-4-15)22-8-10-26-11-9-22/h2-7,12H,8-11,13H2,1H3,(H,21,23). The van der Waals surface area contributed by atoms with Crippen LogP contribution in [-0.4, -0.2) is 56.9 Å². The number of amides is 1. The summed E-state index contributed by atoms with van der Waals surface area (Å²) in [5, 5.41) is 2.70. The number of morpholine rings is 1. The average molecular weight is 371 g/mol. The maximum absolute atomic E-state index is 12.0. The van der Waals surface area contributed by atoms with Crippen LogP contribution in [0.1, 0.15) is 10.4 Å². The van der Waals surface area contributed by atoms with Crippen LogP contribution in [0.4, 0.5) is 11.4 Å². The molecule has 2 aromatic rings. The molecule has 1 fully saturated rings. The van der Waals surface area contributed by atoms with E-state index in [1.54, 1.807) is 6.07 Å². The SMILES string of the molecule is COc1ccc(C(=O)OCC(=O)Nc2ccc(N3CCOCC3)cc2)cn1. The first-order valence-corrected chi connectivity index (χ1v) is 8.55. The quantitative estimate of drug-likeness (QED) is 0.773. The molecule has 1 N–H and O–H groups in total. The second-order valence-corrected chi connectivity index (χ2v) is 5.86. The minimum Gasteiger partial charge on any atom is -0.481 e. The predicted molar refractivity (Wildman–Crippen MR) is 99.2 cm³/mol. The lowest BCUT2D eigenvalue weighted by Crippen LogP contribution is -2.36. The Balaban J connectivity index is 1.47. The van der Waals surface area contributed by atoms with Crippen LogP contribution in [0.3, 0.4) is 0 Å².